The van der Waals surface area contributed by atoms with Crippen LogP contribution in [-0.2, 0) is 0 Å². The van der Waals surface area contributed by atoms with Crippen molar-refractivity contribution >= 4 is 88.8 Å². The number of hydrogen-bond donors (Lipinski definition) is 0. The van der Waals surface area contributed by atoms with Crippen LogP contribution in [0.5, 0.6) is 0 Å². The van der Waals surface area contributed by atoms with Crippen molar-refractivity contribution in [1.29, 1.82) is 0 Å². The second-order valence-electron chi connectivity index (χ2n) is 18.8. The van der Waals surface area contributed by atoms with Gasteiger partial charge in [-0.2, -0.15) is 0 Å². The Morgan fingerprint density at radius 2 is 0.541 bits per heavy atom. The van der Waals surface area contributed by atoms with E-state index < -0.39 is 0 Å². The zero-order valence-electron chi connectivity index (χ0n) is 40.3. The largest absolute Gasteiger partial charge is 0.456 e. The molecule has 0 fully saturated rings. The first-order valence-corrected chi connectivity index (χ1v) is 25.1. The molecule has 4 nitrogen and oxygen atoms in total. The van der Waals surface area contributed by atoms with E-state index in [0.717, 1.165) is 133 Å². The minimum atomic E-state index is 0.834. The number of rotatable bonds is 10. The van der Waals surface area contributed by atoms with Crippen molar-refractivity contribution in [3.63, 3.8) is 0 Å². The number of hydrogen-bond acceptors (Lipinski definition) is 4. The molecule has 0 aliphatic heterocycles. The molecule has 2 aromatic heterocycles. The summed E-state index contributed by atoms with van der Waals surface area (Å²) < 4.78 is 13.3. The smallest absolute Gasteiger partial charge is 0.137 e. The van der Waals surface area contributed by atoms with Crippen LogP contribution in [0.1, 0.15) is 0 Å². The minimum Gasteiger partial charge on any atom is -0.456 e. The van der Waals surface area contributed by atoms with Crippen molar-refractivity contribution in [2.75, 3.05) is 9.80 Å². The standard InChI is InChI=1S/C70H46N2O2/c1-5-21-47(22-6-1)55-29-13-17-33-63(55)71(53-37-39-59-57-31-15-19-35-67(57)73-69(59)45-53)65-43-51-42-62(50-27-11-4-12-28-50)66(44-52(51)41-61(65)49-25-9-3-10-26-49)72(64-34-18-14-30-56(64)48-23-7-2-8-24-48)54-38-40-60-58-32-16-20-36-68(58)74-70(60)46-54/h1-46H. The summed E-state index contributed by atoms with van der Waals surface area (Å²) in [4.78, 5) is 4.86. The van der Waals surface area contributed by atoms with Crippen LogP contribution in [0, 0.1) is 0 Å². The minimum absolute atomic E-state index is 0.834. The molecule has 0 bridgehead atoms. The van der Waals surface area contributed by atoms with E-state index in [0.29, 0.717) is 0 Å². The van der Waals surface area contributed by atoms with Gasteiger partial charge in [0.1, 0.15) is 22.3 Å². The highest BCUT2D eigenvalue weighted by Crippen LogP contribution is 2.51. The molecule has 0 aliphatic rings. The number of benzene rings is 12. The number of fused-ring (bicyclic) bond motifs is 7. The molecule has 12 aromatic carbocycles. The quantitative estimate of drug-likeness (QED) is 0.137. The predicted octanol–water partition coefficient (Wildman–Crippen LogP) is 20.2. The Morgan fingerprint density at radius 3 is 0.946 bits per heavy atom. The molecule has 0 spiro atoms. The molecule has 0 unspecified atom stereocenters. The van der Waals surface area contributed by atoms with Crippen molar-refractivity contribution < 1.29 is 8.83 Å². The maximum Gasteiger partial charge on any atom is 0.137 e. The first kappa shape index (κ1) is 42.9. The van der Waals surface area contributed by atoms with Gasteiger partial charge in [-0.05, 0) is 106 Å². The topological polar surface area (TPSA) is 32.8 Å². The average molecular weight is 947 g/mol. The molecule has 0 amide bonds. The third-order valence-electron chi connectivity index (χ3n) is 14.4. The normalized spacial score (nSPS) is 11.5. The lowest BCUT2D eigenvalue weighted by Gasteiger charge is -2.32. The molecule has 74 heavy (non-hydrogen) atoms. The fraction of sp³-hybridized carbons (Fsp3) is 0. The highest BCUT2D eigenvalue weighted by Gasteiger charge is 2.26. The second-order valence-corrected chi connectivity index (χ2v) is 18.8. The fourth-order valence-corrected chi connectivity index (χ4v) is 11.0. The zero-order valence-corrected chi connectivity index (χ0v) is 40.3. The van der Waals surface area contributed by atoms with Crippen LogP contribution in [0.3, 0.4) is 0 Å². The maximum absolute atomic E-state index is 6.63. The summed E-state index contributed by atoms with van der Waals surface area (Å²) >= 11 is 0. The average Bonchev–Trinajstić information content (AvgIpc) is 4.04. The molecule has 2 heterocycles. The number of para-hydroxylation sites is 4. The molecule has 0 aliphatic carbocycles. The van der Waals surface area contributed by atoms with Crippen LogP contribution in [0.2, 0.25) is 0 Å². The number of anilines is 6. The lowest BCUT2D eigenvalue weighted by Crippen LogP contribution is -2.13. The lowest BCUT2D eigenvalue weighted by molar-refractivity contribution is 0.668. The van der Waals surface area contributed by atoms with Gasteiger partial charge in [0.25, 0.3) is 0 Å². The molecule has 0 saturated carbocycles. The number of furan rings is 2. The molecular weight excluding hydrogens is 901 g/mol. The van der Waals surface area contributed by atoms with E-state index >= 15 is 0 Å². The van der Waals surface area contributed by atoms with Gasteiger partial charge in [-0.15, -0.1) is 0 Å². The zero-order chi connectivity index (χ0) is 49.0. The summed E-state index contributed by atoms with van der Waals surface area (Å²) in [5.41, 5.74) is 18.4. The molecule has 0 saturated heterocycles. The van der Waals surface area contributed by atoms with Crippen molar-refractivity contribution in [2.24, 2.45) is 0 Å². The Balaban J connectivity index is 1.06. The van der Waals surface area contributed by atoms with Gasteiger partial charge in [-0.1, -0.05) is 194 Å². The molecule has 4 heteroatoms. The molecule has 348 valence electrons. The summed E-state index contributed by atoms with van der Waals surface area (Å²) in [5, 5.41) is 6.56. The van der Waals surface area contributed by atoms with Gasteiger partial charge in [0.2, 0.25) is 0 Å². The van der Waals surface area contributed by atoms with Crippen molar-refractivity contribution in [3.05, 3.63) is 279 Å². The third kappa shape index (κ3) is 7.48. The summed E-state index contributed by atoms with van der Waals surface area (Å²) in [7, 11) is 0. The molecule has 14 rings (SSSR count). The fourth-order valence-electron chi connectivity index (χ4n) is 11.0. The Labute approximate surface area is 428 Å². The van der Waals surface area contributed by atoms with Gasteiger partial charge in [0.05, 0.1) is 22.7 Å². The van der Waals surface area contributed by atoms with E-state index in [1.54, 1.807) is 0 Å². The van der Waals surface area contributed by atoms with Crippen LogP contribution in [0.25, 0.3) is 99.2 Å². The Morgan fingerprint density at radius 1 is 0.216 bits per heavy atom. The van der Waals surface area contributed by atoms with Crippen molar-refractivity contribution in [3.8, 4) is 44.5 Å². The maximum atomic E-state index is 6.63. The molecule has 14 aromatic rings. The van der Waals surface area contributed by atoms with E-state index in [-0.39, 0.29) is 0 Å². The van der Waals surface area contributed by atoms with E-state index in [9.17, 15) is 0 Å². The van der Waals surface area contributed by atoms with E-state index in [4.69, 9.17) is 8.83 Å². The Bertz CT molecular complexity index is 4090. The summed E-state index contributed by atoms with van der Waals surface area (Å²) in [6.07, 6.45) is 0. The lowest BCUT2D eigenvalue weighted by atomic mass is 9.92. The van der Waals surface area contributed by atoms with Crippen LogP contribution in [0.4, 0.5) is 34.1 Å². The van der Waals surface area contributed by atoms with Gasteiger partial charge in [-0.3, -0.25) is 0 Å². The molecule has 0 atom stereocenters. The van der Waals surface area contributed by atoms with Crippen molar-refractivity contribution in [2.45, 2.75) is 0 Å². The van der Waals surface area contributed by atoms with Crippen LogP contribution >= 0.6 is 0 Å². The van der Waals surface area contributed by atoms with E-state index in [2.05, 4.69) is 265 Å². The van der Waals surface area contributed by atoms with Crippen molar-refractivity contribution in [1.82, 2.24) is 0 Å². The van der Waals surface area contributed by atoms with Gasteiger partial charge < -0.3 is 18.6 Å². The first-order chi connectivity index (χ1) is 36.7. The van der Waals surface area contributed by atoms with Crippen LogP contribution < -0.4 is 9.80 Å². The van der Waals surface area contributed by atoms with Gasteiger partial charge >= 0.3 is 0 Å². The number of nitrogens with zero attached hydrogens (tertiary/aromatic N) is 2. The van der Waals surface area contributed by atoms with Crippen LogP contribution in [-0.4, -0.2) is 0 Å². The molecule has 0 N–H and O–H groups in total. The Kier molecular flexibility index (Phi) is 10.5. The summed E-state index contributed by atoms with van der Waals surface area (Å²) in [5.74, 6) is 0. The first-order valence-electron chi connectivity index (χ1n) is 25.1. The monoisotopic (exact) mass is 946 g/mol. The van der Waals surface area contributed by atoms with Gasteiger partial charge in [0, 0.05) is 67.3 Å². The highest BCUT2D eigenvalue weighted by atomic mass is 16.3. The molecular formula is C70H46N2O2. The third-order valence-corrected chi connectivity index (χ3v) is 14.4. The van der Waals surface area contributed by atoms with E-state index in [1.165, 1.54) is 0 Å². The second kappa shape index (κ2) is 18.1. The SMILES string of the molecule is c1ccc(-c2ccccc2N(c2ccc3c(c2)oc2ccccc23)c2cc3cc(-c4ccccc4)c(N(c4ccc5c(c4)oc4ccccc45)c4ccccc4-c4ccccc4)cc3cc2-c2ccccc2)cc1. The van der Waals surface area contributed by atoms with Gasteiger partial charge in [0.15, 0.2) is 0 Å². The highest BCUT2D eigenvalue weighted by molar-refractivity contribution is 6.10. The summed E-state index contributed by atoms with van der Waals surface area (Å²) in [6.45, 7) is 0. The van der Waals surface area contributed by atoms with E-state index in [1.807, 2.05) is 24.3 Å². The summed E-state index contributed by atoms with van der Waals surface area (Å²) in [6, 6.07) is 99.9. The van der Waals surface area contributed by atoms with Crippen LogP contribution in [0.15, 0.2) is 288 Å². The Hall–Kier alpha value is -9.90. The predicted molar refractivity (Wildman–Crippen MR) is 310 cm³/mol. The van der Waals surface area contributed by atoms with Gasteiger partial charge in [-0.25, -0.2) is 0 Å². The molecule has 0 radical (unpaired) electrons.